The summed E-state index contributed by atoms with van der Waals surface area (Å²) in [6.07, 6.45) is 1.38. The SMILES string of the molecule is NCC(c1cccc(Cl)c1)C(O)C1CCOCC1. The summed E-state index contributed by atoms with van der Waals surface area (Å²) < 4.78 is 5.32. The van der Waals surface area contributed by atoms with Crippen LogP contribution in [0.5, 0.6) is 0 Å². The molecule has 0 radical (unpaired) electrons. The summed E-state index contributed by atoms with van der Waals surface area (Å²) >= 11 is 5.99. The van der Waals surface area contributed by atoms with E-state index in [-0.39, 0.29) is 11.8 Å². The molecule has 2 unspecified atom stereocenters. The van der Waals surface area contributed by atoms with E-state index in [1.54, 1.807) is 0 Å². The van der Waals surface area contributed by atoms with Crippen molar-refractivity contribution in [1.82, 2.24) is 0 Å². The van der Waals surface area contributed by atoms with Crippen molar-refractivity contribution in [2.24, 2.45) is 11.7 Å². The van der Waals surface area contributed by atoms with Gasteiger partial charge in [-0.05, 0) is 36.5 Å². The van der Waals surface area contributed by atoms with Crippen LogP contribution in [0.1, 0.15) is 24.3 Å². The molecule has 1 saturated heterocycles. The molecular weight excluding hydrogens is 250 g/mol. The van der Waals surface area contributed by atoms with Crippen molar-refractivity contribution in [3.63, 3.8) is 0 Å². The predicted molar refractivity (Wildman–Crippen MR) is 72.8 cm³/mol. The Morgan fingerprint density at radius 2 is 2.11 bits per heavy atom. The van der Waals surface area contributed by atoms with E-state index in [2.05, 4.69) is 0 Å². The molecule has 0 bridgehead atoms. The van der Waals surface area contributed by atoms with Gasteiger partial charge in [0.1, 0.15) is 0 Å². The first-order chi connectivity index (χ1) is 8.72. The van der Waals surface area contributed by atoms with Crippen molar-refractivity contribution in [3.8, 4) is 0 Å². The van der Waals surface area contributed by atoms with Crippen molar-refractivity contribution in [2.45, 2.75) is 24.9 Å². The van der Waals surface area contributed by atoms with Crippen LogP contribution in [0.25, 0.3) is 0 Å². The second kappa shape index (κ2) is 6.53. The first-order valence-corrected chi connectivity index (χ1v) is 6.81. The molecule has 4 heteroatoms. The second-order valence-corrected chi connectivity index (χ2v) is 5.27. The van der Waals surface area contributed by atoms with Crippen molar-refractivity contribution in [2.75, 3.05) is 19.8 Å². The topological polar surface area (TPSA) is 55.5 Å². The van der Waals surface area contributed by atoms with Gasteiger partial charge in [-0.25, -0.2) is 0 Å². The van der Waals surface area contributed by atoms with Gasteiger partial charge in [0, 0.05) is 30.7 Å². The third kappa shape index (κ3) is 3.23. The molecule has 0 aliphatic carbocycles. The van der Waals surface area contributed by atoms with Crippen LogP contribution in [-0.4, -0.2) is 31.0 Å². The molecule has 100 valence electrons. The molecule has 2 rings (SSSR count). The van der Waals surface area contributed by atoms with Crippen LogP contribution in [0.15, 0.2) is 24.3 Å². The zero-order chi connectivity index (χ0) is 13.0. The van der Waals surface area contributed by atoms with E-state index in [1.165, 1.54) is 0 Å². The summed E-state index contributed by atoms with van der Waals surface area (Å²) in [6.45, 7) is 1.89. The van der Waals surface area contributed by atoms with Gasteiger partial charge in [0.05, 0.1) is 6.10 Å². The number of hydrogen-bond acceptors (Lipinski definition) is 3. The van der Waals surface area contributed by atoms with Gasteiger partial charge in [-0.1, -0.05) is 23.7 Å². The largest absolute Gasteiger partial charge is 0.392 e. The molecule has 0 aromatic heterocycles. The van der Waals surface area contributed by atoms with Crippen LogP contribution in [0.3, 0.4) is 0 Å². The minimum atomic E-state index is -0.419. The number of benzene rings is 1. The maximum atomic E-state index is 10.5. The third-order valence-electron chi connectivity index (χ3n) is 3.69. The number of nitrogens with two attached hydrogens (primary N) is 1. The lowest BCUT2D eigenvalue weighted by molar-refractivity contribution is -0.00194. The summed E-state index contributed by atoms with van der Waals surface area (Å²) in [5.74, 6) is 0.220. The lowest BCUT2D eigenvalue weighted by atomic mass is 9.82. The molecule has 2 atom stereocenters. The predicted octanol–water partition coefficient (Wildman–Crippen LogP) is 2.17. The van der Waals surface area contributed by atoms with Gasteiger partial charge in [-0.2, -0.15) is 0 Å². The Balaban J connectivity index is 2.11. The van der Waals surface area contributed by atoms with E-state index in [0.717, 1.165) is 31.6 Å². The summed E-state index contributed by atoms with van der Waals surface area (Å²) in [5.41, 5.74) is 6.85. The van der Waals surface area contributed by atoms with Crippen molar-refractivity contribution < 1.29 is 9.84 Å². The zero-order valence-electron chi connectivity index (χ0n) is 10.4. The Bertz CT molecular complexity index is 380. The molecule has 1 aromatic rings. The number of aliphatic hydroxyl groups is 1. The first kappa shape index (κ1) is 13.8. The van der Waals surface area contributed by atoms with Gasteiger partial charge in [-0.3, -0.25) is 0 Å². The standard InChI is InChI=1S/C14H20ClNO2/c15-12-3-1-2-11(8-12)13(9-16)14(17)10-4-6-18-7-5-10/h1-3,8,10,13-14,17H,4-7,9,16H2. The van der Waals surface area contributed by atoms with Gasteiger partial charge >= 0.3 is 0 Å². The lowest BCUT2D eigenvalue weighted by Crippen LogP contribution is -2.35. The van der Waals surface area contributed by atoms with E-state index in [1.807, 2.05) is 24.3 Å². The minimum Gasteiger partial charge on any atom is -0.392 e. The van der Waals surface area contributed by atoms with E-state index in [0.29, 0.717) is 11.6 Å². The molecule has 0 saturated carbocycles. The molecule has 3 nitrogen and oxygen atoms in total. The first-order valence-electron chi connectivity index (χ1n) is 6.43. The molecule has 1 aliphatic heterocycles. The molecule has 1 aliphatic rings. The van der Waals surface area contributed by atoms with Gasteiger partial charge in [0.15, 0.2) is 0 Å². The number of hydrogen-bond donors (Lipinski definition) is 2. The fraction of sp³-hybridized carbons (Fsp3) is 0.571. The van der Waals surface area contributed by atoms with Crippen LogP contribution in [-0.2, 0) is 4.74 Å². The summed E-state index contributed by atoms with van der Waals surface area (Å²) in [6, 6.07) is 7.60. The summed E-state index contributed by atoms with van der Waals surface area (Å²) in [4.78, 5) is 0. The fourth-order valence-electron chi connectivity index (χ4n) is 2.60. The highest BCUT2D eigenvalue weighted by molar-refractivity contribution is 6.30. The number of aliphatic hydroxyl groups excluding tert-OH is 1. The van der Waals surface area contributed by atoms with E-state index < -0.39 is 6.10 Å². The molecular formula is C14H20ClNO2. The highest BCUT2D eigenvalue weighted by atomic mass is 35.5. The smallest absolute Gasteiger partial charge is 0.0650 e. The van der Waals surface area contributed by atoms with Gasteiger partial charge in [0.2, 0.25) is 0 Å². The minimum absolute atomic E-state index is 0.0493. The van der Waals surface area contributed by atoms with Gasteiger partial charge in [0.25, 0.3) is 0 Å². The molecule has 3 N–H and O–H groups in total. The van der Waals surface area contributed by atoms with Gasteiger partial charge in [-0.15, -0.1) is 0 Å². The molecule has 0 spiro atoms. The Hall–Kier alpha value is -0.610. The maximum absolute atomic E-state index is 10.5. The van der Waals surface area contributed by atoms with Crippen LogP contribution >= 0.6 is 11.6 Å². The van der Waals surface area contributed by atoms with Crippen molar-refractivity contribution >= 4 is 11.6 Å². The highest BCUT2D eigenvalue weighted by Crippen LogP contribution is 2.30. The normalized spacial score (nSPS) is 20.6. The van der Waals surface area contributed by atoms with Crippen LogP contribution in [0.4, 0.5) is 0 Å². The quantitative estimate of drug-likeness (QED) is 0.881. The zero-order valence-corrected chi connectivity index (χ0v) is 11.1. The Morgan fingerprint density at radius 1 is 1.39 bits per heavy atom. The van der Waals surface area contributed by atoms with E-state index >= 15 is 0 Å². The Labute approximate surface area is 113 Å². The average Bonchev–Trinajstić information content (AvgIpc) is 2.40. The number of halogens is 1. The molecule has 1 aromatic carbocycles. The Morgan fingerprint density at radius 3 is 2.72 bits per heavy atom. The van der Waals surface area contributed by atoms with Crippen molar-refractivity contribution in [1.29, 1.82) is 0 Å². The molecule has 0 amide bonds. The van der Waals surface area contributed by atoms with Crippen molar-refractivity contribution in [3.05, 3.63) is 34.9 Å². The summed E-state index contributed by atoms with van der Waals surface area (Å²) in [7, 11) is 0. The van der Waals surface area contributed by atoms with E-state index in [4.69, 9.17) is 22.1 Å². The maximum Gasteiger partial charge on any atom is 0.0650 e. The molecule has 1 heterocycles. The molecule has 1 fully saturated rings. The van der Waals surface area contributed by atoms with E-state index in [9.17, 15) is 5.11 Å². The van der Waals surface area contributed by atoms with Gasteiger partial charge < -0.3 is 15.6 Å². The van der Waals surface area contributed by atoms with Crippen LogP contribution < -0.4 is 5.73 Å². The fourth-order valence-corrected chi connectivity index (χ4v) is 2.79. The second-order valence-electron chi connectivity index (χ2n) is 4.84. The Kier molecular flexibility index (Phi) is 5.01. The number of rotatable bonds is 4. The number of ether oxygens (including phenoxy) is 1. The molecule has 18 heavy (non-hydrogen) atoms. The summed E-state index contributed by atoms with van der Waals surface area (Å²) in [5, 5.41) is 11.2. The average molecular weight is 270 g/mol. The highest BCUT2D eigenvalue weighted by Gasteiger charge is 2.29. The van der Waals surface area contributed by atoms with Crippen LogP contribution in [0, 0.1) is 5.92 Å². The third-order valence-corrected chi connectivity index (χ3v) is 3.93. The lowest BCUT2D eigenvalue weighted by Gasteiger charge is -2.32. The van der Waals surface area contributed by atoms with Crippen LogP contribution in [0.2, 0.25) is 5.02 Å². The monoisotopic (exact) mass is 269 g/mol.